The van der Waals surface area contributed by atoms with E-state index in [2.05, 4.69) is 22.1 Å². The Hall–Kier alpha value is -2.60. The summed E-state index contributed by atoms with van der Waals surface area (Å²) in [6, 6.07) is 10.1. The molecule has 1 atom stereocenters. The Balaban J connectivity index is 1.46. The van der Waals surface area contributed by atoms with Gasteiger partial charge in [0.25, 0.3) is 0 Å². The fourth-order valence-corrected chi connectivity index (χ4v) is 4.46. The fraction of sp³-hybridized carbons (Fsp3) is 0.381. The summed E-state index contributed by atoms with van der Waals surface area (Å²) in [5.74, 6) is 1.66. The van der Waals surface area contributed by atoms with Gasteiger partial charge in [0.05, 0.1) is 6.20 Å². The third kappa shape index (κ3) is 3.97. The number of primary amides is 1. The molecular formula is C21H23ClN4O2. The highest BCUT2D eigenvalue weighted by atomic mass is 35.5. The van der Waals surface area contributed by atoms with Crippen LogP contribution in [-0.2, 0) is 11.2 Å². The quantitative estimate of drug-likeness (QED) is 0.692. The predicted octanol–water partition coefficient (Wildman–Crippen LogP) is 4.36. The molecule has 1 aromatic carbocycles. The second kappa shape index (κ2) is 8.19. The third-order valence-corrected chi connectivity index (χ3v) is 5.94. The molecule has 6 nitrogen and oxygen atoms in total. The highest BCUT2D eigenvalue weighted by Crippen LogP contribution is 2.38. The minimum absolute atomic E-state index is 0.198. The first kappa shape index (κ1) is 18.7. The number of nitrogens with two attached hydrogens (primary N) is 1. The van der Waals surface area contributed by atoms with Crippen LogP contribution >= 0.6 is 11.6 Å². The molecule has 146 valence electrons. The van der Waals surface area contributed by atoms with E-state index in [-0.39, 0.29) is 6.10 Å². The molecule has 2 N–H and O–H groups in total. The van der Waals surface area contributed by atoms with Gasteiger partial charge in [0, 0.05) is 24.7 Å². The summed E-state index contributed by atoms with van der Waals surface area (Å²) in [7, 11) is 0. The van der Waals surface area contributed by atoms with E-state index in [1.165, 1.54) is 0 Å². The average Bonchev–Trinajstić information content (AvgIpc) is 3.14. The van der Waals surface area contributed by atoms with Crippen molar-refractivity contribution in [1.29, 1.82) is 0 Å². The largest absolute Gasteiger partial charge is 0.446 e. The van der Waals surface area contributed by atoms with Crippen LogP contribution in [0.1, 0.15) is 43.0 Å². The van der Waals surface area contributed by atoms with Gasteiger partial charge in [-0.15, -0.1) is 0 Å². The number of carbonyl (C=O) groups is 1. The molecule has 1 aliphatic carbocycles. The normalized spacial score (nSPS) is 20.8. The van der Waals surface area contributed by atoms with Crippen molar-refractivity contribution in [3.8, 4) is 0 Å². The van der Waals surface area contributed by atoms with Gasteiger partial charge in [0.2, 0.25) is 0 Å². The zero-order chi connectivity index (χ0) is 19.5. The zero-order valence-electron chi connectivity index (χ0n) is 15.5. The van der Waals surface area contributed by atoms with Crippen molar-refractivity contribution in [3.63, 3.8) is 0 Å². The highest BCUT2D eigenvalue weighted by molar-refractivity contribution is 6.32. The highest BCUT2D eigenvalue weighted by Gasteiger charge is 2.32. The van der Waals surface area contributed by atoms with Crippen LogP contribution in [0, 0.1) is 5.92 Å². The maximum absolute atomic E-state index is 11.4. The van der Waals surface area contributed by atoms with Gasteiger partial charge in [-0.2, -0.15) is 0 Å². The van der Waals surface area contributed by atoms with Gasteiger partial charge in [0.15, 0.2) is 5.15 Å². The molecular weight excluding hydrogens is 376 g/mol. The molecule has 1 saturated carbocycles. The first-order valence-corrected chi connectivity index (χ1v) is 9.97. The summed E-state index contributed by atoms with van der Waals surface area (Å²) in [6.07, 6.45) is 9.06. The van der Waals surface area contributed by atoms with E-state index in [4.69, 9.17) is 22.1 Å². The van der Waals surface area contributed by atoms with Crippen LogP contribution in [0.5, 0.6) is 0 Å². The number of fused-ring (bicyclic) bond motifs is 1. The lowest BCUT2D eigenvalue weighted by molar-refractivity contribution is 0.0516. The summed E-state index contributed by atoms with van der Waals surface area (Å²) in [5.41, 5.74) is 7.33. The molecule has 28 heavy (non-hydrogen) atoms. The number of ether oxygens (including phenoxy) is 1. The average molecular weight is 399 g/mol. The Morgan fingerprint density at radius 3 is 2.68 bits per heavy atom. The Bertz CT molecular complexity index is 951. The molecule has 3 aromatic rings. The van der Waals surface area contributed by atoms with E-state index in [0.717, 1.165) is 42.6 Å². The van der Waals surface area contributed by atoms with Crippen LogP contribution in [0.15, 0.2) is 48.9 Å². The molecule has 0 aliphatic heterocycles. The SMILES string of the molecule is NC(=O)OC(Cc1ccccc1)[C@H]1CC[C@H](c2ncc3c(Cl)nccn32)CC1. The van der Waals surface area contributed by atoms with E-state index in [0.29, 0.717) is 23.4 Å². The van der Waals surface area contributed by atoms with Crippen molar-refractivity contribution in [2.24, 2.45) is 11.7 Å². The van der Waals surface area contributed by atoms with Crippen molar-refractivity contribution in [2.45, 2.75) is 44.1 Å². The number of aromatic nitrogens is 3. The van der Waals surface area contributed by atoms with Gasteiger partial charge in [-0.25, -0.2) is 14.8 Å². The van der Waals surface area contributed by atoms with Crippen LogP contribution in [0.25, 0.3) is 5.52 Å². The van der Waals surface area contributed by atoms with Crippen molar-refractivity contribution in [3.05, 3.63) is 65.5 Å². The number of rotatable bonds is 5. The third-order valence-electron chi connectivity index (χ3n) is 5.65. The molecule has 0 spiro atoms. The molecule has 0 radical (unpaired) electrons. The van der Waals surface area contributed by atoms with Crippen LogP contribution in [-0.4, -0.2) is 26.6 Å². The second-order valence-electron chi connectivity index (χ2n) is 7.37. The van der Waals surface area contributed by atoms with E-state index in [9.17, 15) is 4.79 Å². The lowest BCUT2D eigenvalue weighted by Crippen LogP contribution is -2.33. The summed E-state index contributed by atoms with van der Waals surface area (Å²) >= 11 is 6.17. The van der Waals surface area contributed by atoms with E-state index in [1.807, 2.05) is 28.8 Å². The Labute approximate surface area is 168 Å². The Morgan fingerprint density at radius 2 is 1.96 bits per heavy atom. The second-order valence-corrected chi connectivity index (χ2v) is 7.72. The lowest BCUT2D eigenvalue weighted by atomic mass is 9.77. The van der Waals surface area contributed by atoms with Crippen LogP contribution in [0.4, 0.5) is 4.79 Å². The Kier molecular flexibility index (Phi) is 5.48. The number of imidazole rings is 1. The number of halogens is 1. The predicted molar refractivity (Wildman–Crippen MR) is 107 cm³/mol. The van der Waals surface area contributed by atoms with E-state index < -0.39 is 6.09 Å². The van der Waals surface area contributed by atoms with Gasteiger partial charge in [-0.1, -0.05) is 41.9 Å². The summed E-state index contributed by atoms with van der Waals surface area (Å²) < 4.78 is 7.53. The number of carbonyl (C=O) groups excluding carboxylic acids is 1. The molecule has 0 bridgehead atoms. The molecule has 4 rings (SSSR count). The maximum atomic E-state index is 11.4. The molecule has 1 aliphatic rings. The molecule has 0 saturated heterocycles. The first-order chi connectivity index (χ1) is 13.6. The molecule has 2 heterocycles. The van der Waals surface area contributed by atoms with Gasteiger partial charge >= 0.3 is 6.09 Å². The molecule has 1 fully saturated rings. The first-order valence-electron chi connectivity index (χ1n) is 9.59. The summed E-state index contributed by atoms with van der Waals surface area (Å²) in [4.78, 5) is 20.2. The number of benzene rings is 1. The van der Waals surface area contributed by atoms with Gasteiger partial charge in [-0.05, 0) is 37.2 Å². The number of nitrogens with zero attached hydrogens (tertiary/aromatic N) is 3. The van der Waals surface area contributed by atoms with Crippen molar-refractivity contribution >= 4 is 23.2 Å². The topological polar surface area (TPSA) is 82.5 Å². The standard InChI is InChI=1S/C21H23ClN4O2/c22-19-17-13-25-20(26(17)11-10-24-19)16-8-6-15(7-9-16)18(28-21(23)27)12-14-4-2-1-3-5-14/h1-5,10-11,13,15-16,18H,6-9,12H2,(H2,23,27)/t15-,16-,18?. The van der Waals surface area contributed by atoms with Gasteiger partial charge in [0.1, 0.15) is 17.4 Å². The summed E-state index contributed by atoms with van der Waals surface area (Å²) in [6.45, 7) is 0. The van der Waals surface area contributed by atoms with E-state index in [1.54, 1.807) is 12.4 Å². The molecule has 7 heteroatoms. The monoisotopic (exact) mass is 398 g/mol. The smallest absolute Gasteiger partial charge is 0.404 e. The van der Waals surface area contributed by atoms with E-state index >= 15 is 0 Å². The van der Waals surface area contributed by atoms with Crippen molar-refractivity contribution in [2.75, 3.05) is 0 Å². The maximum Gasteiger partial charge on any atom is 0.404 e. The lowest BCUT2D eigenvalue weighted by Gasteiger charge is -2.33. The zero-order valence-corrected chi connectivity index (χ0v) is 16.3. The van der Waals surface area contributed by atoms with Crippen LogP contribution < -0.4 is 5.73 Å². The summed E-state index contributed by atoms with van der Waals surface area (Å²) in [5, 5.41) is 0.465. The number of hydrogen-bond acceptors (Lipinski definition) is 4. The van der Waals surface area contributed by atoms with Crippen molar-refractivity contribution < 1.29 is 9.53 Å². The van der Waals surface area contributed by atoms with Gasteiger partial charge < -0.3 is 10.5 Å². The van der Waals surface area contributed by atoms with Crippen molar-refractivity contribution in [1.82, 2.24) is 14.4 Å². The molecule has 2 aromatic heterocycles. The van der Waals surface area contributed by atoms with Crippen LogP contribution in [0.2, 0.25) is 5.15 Å². The molecule has 1 amide bonds. The minimum Gasteiger partial charge on any atom is -0.446 e. The minimum atomic E-state index is -0.704. The van der Waals surface area contributed by atoms with Gasteiger partial charge in [-0.3, -0.25) is 4.40 Å². The molecule has 1 unspecified atom stereocenters. The van der Waals surface area contributed by atoms with Crippen LogP contribution in [0.3, 0.4) is 0 Å². The Morgan fingerprint density at radius 1 is 1.21 bits per heavy atom. The number of amides is 1. The fourth-order valence-electron chi connectivity index (χ4n) is 4.27. The number of hydrogen-bond donors (Lipinski definition) is 1.